The molecule has 1 aromatic rings. The van der Waals surface area contributed by atoms with Gasteiger partial charge in [-0.3, -0.25) is 4.79 Å². The minimum absolute atomic E-state index is 0. The molecule has 0 saturated carbocycles. The van der Waals surface area contributed by atoms with Crippen LogP contribution in [0, 0.1) is 0 Å². The highest BCUT2D eigenvalue weighted by atomic mass is 35.5. The molecule has 138 valence electrons. The Morgan fingerprint density at radius 1 is 1.25 bits per heavy atom. The van der Waals surface area contributed by atoms with Gasteiger partial charge in [0.2, 0.25) is 5.91 Å². The standard InChI is InChI=1S/C15H21F3N2O3.ClH/c1-11(20-14(21)9-19-7-8-22-2)12-3-5-13(6-4-12)23-10-15(16,17)18;/h3-6,11,19H,7-10H2,1-2H3,(H,20,21);1H. The fourth-order valence-corrected chi connectivity index (χ4v) is 1.77. The lowest BCUT2D eigenvalue weighted by molar-refractivity contribution is -0.153. The quantitative estimate of drug-likeness (QED) is 0.656. The Bertz CT molecular complexity index is 484. The van der Waals surface area contributed by atoms with Gasteiger partial charge < -0.3 is 20.1 Å². The SMILES string of the molecule is COCCNCC(=O)NC(C)c1ccc(OCC(F)(F)F)cc1.Cl. The van der Waals surface area contributed by atoms with Crippen LogP contribution < -0.4 is 15.4 Å². The average Bonchev–Trinajstić information content (AvgIpc) is 2.49. The van der Waals surface area contributed by atoms with Gasteiger partial charge in [0.1, 0.15) is 5.75 Å². The molecule has 1 rings (SSSR count). The summed E-state index contributed by atoms with van der Waals surface area (Å²) in [4.78, 5) is 11.7. The van der Waals surface area contributed by atoms with E-state index in [1.807, 2.05) is 0 Å². The highest BCUT2D eigenvalue weighted by Gasteiger charge is 2.28. The molecule has 0 spiro atoms. The molecule has 0 fully saturated rings. The lowest BCUT2D eigenvalue weighted by atomic mass is 10.1. The van der Waals surface area contributed by atoms with E-state index in [4.69, 9.17) is 4.74 Å². The van der Waals surface area contributed by atoms with Gasteiger partial charge in [0.15, 0.2) is 6.61 Å². The molecule has 0 aromatic heterocycles. The Morgan fingerprint density at radius 2 is 1.88 bits per heavy atom. The third-order valence-corrected chi connectivity index (χ3v) is 2.93. The van der Waals surface area contributed by atoms with Gasteiger partial charge in [-0.15, -0.1) is 12.4 Å². The lowest BCUT2D eigenvalue weighted by Crippen LogP contribution is -2.36. The van der Waals surface area contributed by atoms with Crippen LogP contribution in [0.5, 0.6) is 5.75 Å². The number of rotatable bonds is 9. The van der Waals surface area contributed by atoms with E-state index in [1.54, 1.807) is 26.2 Å². The Balaban J connectivity index is 0.00000529. The van der Waals surface area contributed by atoms with E-state index in [0.29, 0.717) is 13.2 Å². The number of ether oxygens (including phenoxy) is 2. The van der Waals surface area contributed by atoms with Crippen LogP contribution in [-0.4, -0.2) is 45.5 Å². The predicted octanol–water partition coefficient (Wildman–Crippen LogP) is 2.46. The third-order valence-electron chi connectivity index (χ3n) is 2.93. The number of amides is 1. The zero-order chi connectivity index (χ0) is 17.3. The lowest BCUT2D eigenvalue weighted by Gasteiger charge is -2.15. The van der Waals surface area contributed by atoms with Crippen molar-refractivity contribution in [3.05, 3.63) is 29.8 Å². The van der Waals surface area contributed by atoms with Crippen molar-refractivity contribution >= 4 is 18.3 Å². The highest BCUT2D eigenvalue weighted by Crippen LogP contribution is 2.20. The number of carbonyl (C=O) groups is 1. The first-order valence-electron chi connectivity index (χ1n) is 7.10. The van der Waals surface area contributed by atoms with Gasteiger partial charge in [-0.1, -0.05) is 12.1 Å². The van der Waals surface area contributed by atoms with Crippen LogP contribution in [0.15, 0.2) is 24.3 Å². The second-order valence-corrected chi connectivity index (χ2v) is 4.93. The average molecular weight is 371 g/mol. The topological polar surface area (TPSA) is 59.6 Å². The maximum atomic E-state index is 12.1. The number of hydrogen-bond acceptors (Lipinski definition) is 4. The summed E-state index contributed by atoms with van der Waals surface area (Å²) in [6.45, 7) is 1.72. The minimum Gasteiger partial charge on any atom is -0.484 e. The maximum absolute atomic E-state index is 12.1. The molecule has 0 aliphatic heterocycles. The first-order chi connectivity index (χ1) is 10.8. The largest absolute Gasteiger partial charge is 0.484 e. The van der Waals surface area contributed by atoms with Crippen LogP contribution in [0.1, 0.15) is 18.5 Å². The van der Waals surface area contributed by atoms with E-state index >= 15 is 0 Å². The van der Waals surface area contributed by atoms with Crippen LogP contribution in [0.3, 0.4) is 0 Å². The van der Waals surface area contributed by atoms with Crippen LogP contribution in [0.25, 0.3) is 0 Å². The Hall–Kier alpha value is -1.51. The van der Waals surface area contributed by atoms with Gasteiger partial charge in [0.05, 0.1) is 19.2 Å². The predicted molar refractivity (Wildman–Crippen MR) is 86.5 cm³/mol. The number of carbonyl (C=O) groups excluding carboxylic acids is 1. The van der Waals surface area contributed by atoms with Gasteiger partial charge in [-0.2, -0.15) is 13.2 Å². The summed E-state index contributed by atoms with van der Waals surface area (Å²) in [5.74, 6) is -0.0446. The number of halogens is 4. The molecule has 1 atom stereocenters. The number of benzene rings is 1. The second kappa shape index (κ2) is 11.1. The molecule has 0 radical (unpaired) electrons. The van der Waals surface area contributed by atoms with Crippen LogP contribution in [-0.2, 0) is 9.53 Å². The Kier molecular flexibility index (Phi) is 10.4. The zero-order valence-corrected chi connectivity index (χ0v) is 14.3. The van der Waals surface area contributed by atoms with E-state index in [-0.39, 0.29) is 36.7 Å². The number of nitrogens with one attached hydrogen (secondary N) is 2. The molecular weight excluding hydrogens is 349 g/mol. The summed E-state index contributed by atoms with van der Waals surface area (Å²) in [5, 5.41) is 5.71. The van der Waals surface area contributed by atoms with Crippen molar-refractivity contribution in [2.75, 3.05) is 33.4 Å². The first-order valence-corrected chi connectivity index (χ1v) is 7.10. The van der Waals surface area contributed by atoms with Gasteiger partial charge in [0.25, 0.3) is 0 Å². The van der Waals surface area contributed by atoms with Crippen molar-refractivity contribution in [2.24, 2.45) is 0 Å². The number of alkyl halides is 3. The van der Waals surface area contributed by atoms with Crippen molar-refractivity contribution in [1.29, 1.82) is 0 Å². The molecule has 0 bridgehead atoms. The van der Waals surface area contributed by atoms with Crippen molar-refractivity contribution in [3.63, 3.8) is 0 Å². The smallest absolute Gasteiger partial charge is 0.422 e. The molecule has 0 saturated heterocycles. The van der Waals surface area contributed by atoms with Crippen LogP contribution in [0.2, 0.25) is 0 Å². The summed E-state index contributed by atoms with van der Waals surface area (Å²) < 4.78 is 45.6. The maximum Gasteiger partial charge on any atom is 0.422 e. The van der Waals surface area contributed by atoms with Gasteiger partial charge in [-0.05, 0) is 24.6 Å². The van der Waals surface area contributed by atoms with E-state index in [1.165, 1.54) is 12.1 Å². The summed E-state index contributed by atoms with van der Waals surface area (Å²) >= 11 is 0. The van der Waals surface area contributed by atoms with E-state index < -0.39 is 12.8 Å². The molecule has 0 heterocycles. The van der Waals surface area contributed by atoms with Crippen molar-refractivity contribution in [1.82, 2.24) is 10.6 Å². The first kappa shape index (κ1) is 22.5. The number of methoxy groups -OCH3 is 1. The normalized spacial score (nSPS) is 12.2. The molecule has 9 heteroatoms. The molecule has 2 N–H and O–H groups in total. The number of hydrogen-bond donors (Lipinski definition) is 2. The van der Waals surface area contributed by atoms with Crippen molar-refractivity contribution in [2.45, 2.75) is 19.1 Å². The fraction of sp³-hybridized carbons (Fsp3) is 0.533. The van der Waals surface area contributed by atoms with Crippen LogP contribution >= 0.6 is 12.4 Å². The second-order valence-electron chi connectivity index (χ2n) is 4.93. The third kappa shape index (κ3) is 9.59. The zero-order valence-electron chi connectivity index (χ0n) is 13.5. The van der Waals surface area contributed by atoms with Crippen LogP contribution in [0.4, 0.5) is 13.2 Å². The summed E-state index contributed by atoms with van der Waals surface area (Å²) in [6, 6.07) is 5.87. The molecule has 1 aromatic carbocycles. The summed E-state index contributed by atoms with van der Waals surface area (Å²) in [6.07, 6.45) is -4.37. The van der Waals surface area contributed by atoms with E-state index in [0.717, 1.165) is 5.56 Å². The van der Waals surface area contributed by atoms with Gasteiger partial charge in [-0.25, -0.2) is 0 Å². The van der Waals surface area contributed by atoms with E-state index in [9.17, 15) is 18.0 Å². The van der Waals surface area contributed by atoms with E-state index in [2.05, 4.69) is 15.4 Å². The van der Waals surface area contributed by atoms with Gasteiger partial charge in [0, 0.05) is 13.7 Å². The molecule has 1 unspecified atom stereocenters. The molecule has 0 aliphatic carbocycles. The molecular formula is C15H22ClF3N2O3. The highest BCUT2D eigenvalue weighted by molar-refractivity contribution is 5.85. The molecule has 5 nitrogen and oxygen atoms in total. The minimum atomic E-state index is -4.37. The fourth-order valence-electron chi connectivity index (χ4n) is 1.77. The molecule has 24 heavy (non-hydrogen) atoms. The summed E-state index contributed by atoms with van der Waals surface area (Å²) in [7, 11) is 1.58. The summed E-state index contributed by atoms with van der Waals surface area (Å²) in [5.41, 5.74) is 0.773. The Labute approximate surface area is 145 Å². The van der Waals surface area contributed by atoms with Crippen molar-refractivity contribution < 1.29 is 27.4 Å². The molecule has 0 aliphatic rings. The van der Waals surface area contributed by atoms with Crippen molar-refractivity contribution in [3.8, 4) is 5.75 Å². The molecule has 1 amide bonds. The monoisotopic (exact) mass is 370 g/mol. The van der Waals surface area contributed by atoms with Gasteiger partial charge >= 0.3 is 6.18 Å². The Morgan fingerprint density at radius 3 is 2.42 bits per heavy atom.